The van der Waals surface area contributed by atoms with E-state index in [2.05, 4.69) is 11.8 Å². The number of hydrogen-bond donors (Lipinski definition) is 1. The first kappa shape index (κ1) is 25.0. The summed E-state index contributed by atoms with van der Waals surface area (Å²) in [7, 11) is -2.21. The zero-order valence-electron chi connectivity index (χ0n) is 20.7. The van der Waals surface area contributed by atoms with Crippen LogP contribution in [0.25, 0.3) is 0 Å². The number of aryl methyl sites for hydroxylation is 1. The molecular weight excluding hydrogens is 488 g/mol. The first-order valence-electron chi connectivity index (χ1n) is 12.1. The Bertz CT molecular complexity index is 1490. The topological polar surface area (TPSA) is 87.2 Å². The van der Waals surface area contributed by atoms with Gasteiger partial charge < -0.3 is 14.7 Å². The number of carbonyl (C=O) groups is 1. The standard InChI is InChI=1S/C29H28N2O5S/c1-20-6-3-4-9-27(20)37(34,35)30-17-25-29(26(19-32)31(25)28(33)18-30)23-14-12-21(13-15-23)10-11-22-7-5-8-24(16-22)36-2/h3-9,12-16,25-26,29,32H,17-19H2,1-2H3/t25-,26-,29+/m0/s1. The van der Waals surface area contributed by atoms with Crippen molar-refractivity contribution in [2.24, 2.45) is 0 Å². The quantitative estimate of drug-likeness (QED) is 0.527. The van der Waals surface area contributed by atoms with Crippen LogP contribution in [-0.2, 0) is 14.8 Å². The van der Waals surface area contributed by atoms with Gasteiger partial charge in [0.2, 0.25) is 15.9 Å². The number of rotatable bonds is 5. The van der Waals surface area contributed by atoms with Crippen LogP contribution in [0.15, 0.2) is 77.7 Å². The number of sulfonamides is 1. The first-order chi connectivity index (χ1) is 17.8. The molecule has 5 rings (SSSR count). The maximum absolute atomic E-state index is 13.4. The van der Waals surface area contributed by atoms with Crippen LogP contribution in [0.1, 0.15) is 28.2 Å². The summed E-state index contributed by atoms with van der Waals surface area (Å²) in [6.07, 6.45) is 0. The first-order valence-corrected chi connectivity index (χ1v) is 13.5. The molecular formula is C29H28N2O5S. The van der Waals surface area contributed by atoms with E-state index in [9.17, 15) is 18.3 Å². The van der Waals surface area contributed by atoms with Gasteiger partial charge in [-0.15, -0.1) is 0 Å². The molecule has 37 heavy (non-hydrogen) atoms. The minimum absolute atomic E-state index is 0.177. The molecule has 0 bridgehead atoms. The van der Waals surface area contributed by atoms with E-state index in [4.69, 9.17) is 4.74 Å². The van der Waals surface area contributed by atoms with E-state index in [1.807, 2.05) is 48.5 Å². The number of methoxy groups -OCH3 is 1. The van der Waals surface area contributed by atoms with Crippen molar-refractivity contribution in [3.63, 3.8) is 0 Å². The molecule has 190 valence electrons. The lowest BCUT2D eigenvalue weighted by Gasteiger charge is -2.58. The van der Waals surface area contributed by atoms with E-state index >= 15 is 0 Å². The number of aliphatic hydroxyl groups is 1. The molecule has 0 saturated carbocycles. The number of amides is 1. The van der Waals surface area contributed by atoms with E-state index < -0.39 is 10.0 Å². The molecule has 2 aliphatic heterocycles. The van der Waals surface area contributed by atoms with Crippen LogP contribution in [0.5, 0.6) is 5.75 Å². The minimum atomic E-state index is -3.83. The van der Waals surface area contributed by atoms with Crippen molar-refractivity contribution in [1.29, 1.82) is 0 Å². The second-order valence-corrected chi connectivity index (χ2v) is 11.2. The van der Waals surface area contributed by atoms with Crippen LogP contribution in [0.4, 0.5) is 0 Å². The average molecular weight is 517 g/mol. The molecule has 0 unspecified atom stereocenters. The molecule has 2 saturated heterocycles. The van der Waals surface area contributed by atoms with Gasteiger partial charge in [0, 0.05) is 23.6 Å². The van der Waals surface area contributed by atoms with Gasteiger partial charge in [-0.3, -0.25) is 4.79 Å². The smallest absolute Gasteiger partial charge is 0.243 e. The highest BCUT2D eigenvalue weighted by Gasteiger charge is 2.55. The van der Waals surface area contributed by atoms with Crippen molar-refractivity contribution >= 4 is 15.9 Å². The maximum Gasteiger partial charge on any atom is 0.243 e. The predicted octanol–water partition coefficient (Wildman–Crippen LogP) is 2.76. The molecule has 3 aromatic rings. The molecule has 8 heteroatoms. The fourth-order valence-electron chi connectivity index (χ4n) is 5.27. The Morgan fingerprint density at radius 3 is 2.43 bits per heavy atom. The maximum atomic E-state index is 13.4. The molecule has 2 heterocycles. The summed E-state index contributed by atoms with van der Waals surface area (Å²) < 4.78 is 33.3. The third kappa shape index (κ3) is 4.62. The van der Waals surface area contributed by atoms with Gasteiger partial charge in [-0.05, 0) is 54.4 Å². The summed E-state index contributed by atoms with van der Waals surface area (Å²) in [6, 6.07) is 21.3. The van der Waals surface area contributed by atoms with Crippen LogP contribution < -0.4 is 4.74 Å². The Morgan fingerprint density at radius 1 is 1.00 bits per heavy atom. The normalized spacial score (nSPS) is 21.4. The monoisotopic (exact) mass is 516 g/mol. The fraction of sp³-hybridized carbons (Fsp3) is 0.276. The Labute approximate surface area is 217 Å². The molecule has 0 spiro atoms. The highest BCUT2D eigenvalue weighted by atomic mass is 32.2. The lowest BCUT2D eigenvalue weighted by atomic mass is 9.74. The van der Waals surface area contributed by atoms with Crippen molar-refractivity contribution < 1.29 is 23.1 Å². The van der Waals surface area contributed by atoms with Gasteiger partial charge >= 0.3 is 0 Å². The summed E-state index contributed by atoms with van der Waals surface area (Å²) in [4.78, 5) is 14.8. The minimum Gasteiger partial charge on any atom is -0.497 e. The summed E-state index contributed by atoms with van der Waals surface area (Å²) in [5.41, 5.74) is 3.25. The Balaban J connectivity index is 1.38. The number of piperazine rings is 1. The highest BCUT2D eigenvalue weighted by molar-refractivity contribution is 7.89. The summed E-state index contributed by atoms with van der Waals surface area (Å²) in [6.45, 7) is 1.52. The average Bonchev–Trinajstić information content (AvgIpc) is 2.89. The van der Waals surface area contributed by atoms with E-state index in [1.165, 1.54) is 4.31 Å². The van der Waals surface area contributed by atoms with Gasteiger partial charge in [0.05, 0.1) is 37.2 Å². The summed E-state index contributed by atoms with van der Waals surface area (Å²) in [5.74, 6) is 6.55. The number of aliphatic hydroxyl groups excluding tert-OH is 1. The zero-order chi connectivity index (χ0) is 26.2. The van der Waals surface area contributed by atoms with Gasteiger partial charge in [0.15, 0.2) is 0 Å². The molecule has 0 radical (unpaired) electrons. The largest absolute Gasteiger partial charge is 0.497 e. The molecule has 2 fully saturated rings. The second kappa shape index (κ2) is 10.0. The van der Waals surface area contributed by atoms with E-state index in [0.717, 1.165) is 22.4 Å². The SMILES string of the molecule is COc1cccc(C#Cc2ccc([C@H]3[C@H](CO)N4C(=O)CN(S(=O)(=O)c5ccccc5C)C[C@@H]34)cc2)c1. The van der Waals surface area contributed by atoms with Crippen molar-refractivity contribution in [1.82, 2.24) is 9.21 Å². The van der Waals surface area contributed by atoms with Gasteiger partial charge in [0.25, 0.3) is 0 Å². The van der Waals surface area contributed by atoms with Gasteiger partial charge in [-0.2, -0.15) is 4.31 Å². The number of benzene rings is 3. The predicted molar refractivity (Wildman–Crippen MR) is 140 cm³/mol. The van der Waals surface area contributed by atoms with E-state index in [-0.39, 0.29) is 48.5 Å². The van der Waals surface area contributed by atoms with Crippen LogP contribution in [0, 0.1) is 18.8 Å². The molecule has 3 aromatic carbocycles. The number of nitrogens with zero attached hydrogens (tertiary/aromatic N) is 2. The summed E-state index contributed by atoms with van der Waals surface area (Å²) in [5, 5.41) is 10.1. The zero-order valence-corrected chi connectivity index (χ0v) is 21.5. The van der Waals surface area contributed by atoms with Crippen LogP contribution >= 0.6 is 0 Å². The summed E-state index contributed by atoms with van der Waals surface area (Å²) >= 11 is 0. The Morgan fingerprint density at radius 2 is 1.73 bits per heavy atom. The van der Waals surface area contributed by atoms with E-state index in [0.29, 0.717) is 5.56 Å². The Hall–Kier alpha value is -3.64. The Kier molecular flexibility index (Phi) is 6.78. The number of carbonyl (C=O) groups excluding carboxylic acids is 1. The molecule has 3 atom stereocenters. The number of hydrogen-bond acceptors (Lipinski definition) is 5. The van der Waals surface area contributed by atoms with Crippen molar-refractivity contribution in [3.8, 4) is 17.6 Å². The number of fused-ring (bicyclic) bond motifs is 1. The molecule has 0 aliphatic carbocycles. The third-order valence-electron chi connectivity index (χ3n) is 7.15. The molecule has 2 aliphatic rings. The van der Waals surface area contributed by atoms with Crippen LogP contribution in [-0.4, -0.2) is 67.5 Å². The van der Waals surface area contributed by atoms with Gasteiger partial charge in [-0.1, -0.05) is 48.2 Å². The van der Waals surface area contributed by atoms with Crippen LogP contribution in [0.3, 0.4) is 0 Å². The highest BCUT2D eigenvalue weighted by Crippen LogP contribution is 2.43. The fourth-order valence-corrected chi connectivity index (χ4v) is 6.90. The number of ether oxygens (including phenoxy) is 1. The molecule has 0 aromatic heterocycles. The van der Waals surface area contributed by atoms with Crippen molar-refractivity contribution in [2.45, 2.75) is 29.8 Å². The van der Waals surface area contributed by atoms with Gasteiger partial charge in [-0.25, -0.2) is 8.42 Å². The molecule has 1 amide bonds. The van der Waals surface area contributed by atoms with E-state index in [1.54, 1.807) is 43.2 Å². The van der Waals surface area contributed by atoms with Crippen LogP contribution in [0.2, 0.25) is 0 Å². The lowest BCUT2D eigenvalue weighted by Crippen LogP contribution is -2.73. The third-order valence-corrected chi connectivity index (χ3v) is 9.12. The van der Waals surface area contributed by atoms with Crippen molar-refractivity contribution in [3.05, 3.63) is 95.1 Å². The lowest BCUT2D eigenvalue weighted by molar-refractivity contribution is -0.158. The van der Waals surface area contributed by atoms with Crippen molar-refractivity contribution in [2.75, 3.05) is 26.8 Å². The molecule has 7 nitrogen and oxygen atoms in total. The van der Waals surface area contributed by atoms with Gasteiger partial charge in [0.1, 0.15) is 5.75 Å². The second-order valence-electron chi connectivity index (χ2n) is 9.31. The molecule has 1 N–H and O–H groups in total.